The highest BCUT2D eigenvalue weighted by atomic mass is 16.3. The Labute approximate surface area is 111 Å². The van der Waals surface area contributed by atoms with Crippen LogP contribution in [0.5, 0.6) is 5.75 Å². The van der Waals surface area contributed by atoms with E-state index in [-0.39, 0.29) is 0 Å². The van der Waals surface area contributed by atoms with Gasteiger partial charge < -0.3 is 5.11 Å². The zero-order chi connectivity index (χ0) is 12.8. The number of rotatable bonds is 6. The van der Waals surface area contributed by atoms with Crippen molar-refractivity contribution in [3.63, 3.8) is 0 Å². The van der Waals surface area contributed by atoms with Crippen LogP contribution in [0.2, 0.25) is 0 Å². The lowest BCUT2D eigenvalue weighted by Crippen LogP contribution is -2.09. The van der Waals surface area contributed by atoms with Crippen molar-refractivity contribution in [1.29, 1.82) is 0 Å². The van der Waals surface area contributed by atoms with E-state index in [0.717, 1.165) is 11.8 Å². The minimum Gasteiger partial charge on any atom is -0.508 e. The molecule has 0 saturated heterocycles. The maximum absolute atomic E-state index is 9.32. The van der Waals surface area contributed by atoms with Gasteiger partial charge in [-0.2, -0.15) is 0 Å². The van der Waals surface area contributed by atoms with Gasteiger partial charge in [0, 0.05) is 0 Å². The monoisotopic (exact) mass is 246 g/mol. The van der Waals surface area contributed by atoms with E-state index in [1.165, 1.54) is 56.9 Å². The minimum absolute atomic E-state index is 0.376. The second-order valence-electron chi connectivity index (χ2n) is 5.91. The van der Waals surface area contributed by atoms with Crippen LogP contribution in [-0.2, 0) is 6.42 Å². The first-order chi connectivity index (χ1) is 8.78. The molecule has 1 saturated carbocycles. The molecule has 0 radical (unpaired) electrons. The third-order valence-corrected chi connectivity index (χ3v) is 4.30. The number of hydrogen-bond acceptors (Lipinski definition) is 1. The van der Waals surface area contributed by atoms with Gasteiger partial charge in [-0.05, 0) is 42.4 Å². The molecule has 0 bridgehead atoms. The van der Waals surface area contributed by atoms with Crippen molar-refractivity contribution >= 4 is 0 Å². The van der Waals surface area contributed by atoms with E-state index in [1.807, 2.05) is 12.1 Å². The SMILES string of the molecule is CCCC(Cc1ccc(O)cc1)CC1CCCC1. The van der Waals surface area contributed by atoms with Gasteiger partial charge in [0.05, 0.1) is 0 Å². The average molecular weight is 246 g/mol. The first kappa shape index (κ1) is 13.5. The van der Waals surface area contributed by atoms with E-state index in [1.54, 1.807) is 0 Å². The van der Waals surface area contributed by atoms with Crippen molar-refractivity contribution in [2.75, 3.05) is 0 Å². The summed E-state index contributed by atoms with van der Waals surface area (Å²) in [5.41, 5.74) is 1.38. The summed E-state index contributed by atoms with van der Waals surface area (Å²) in [4.78, 5) is 0. The number of aromatic hydroxyl groups is 1. The lowest BCUT2D eigenvalue weighted by molar-refractivity contribution is 0.352. The van der Waals surface area contributed by atoms with E-state index < -0.39 is 0 Å². The molecule has 1 nitrogen and oxygen atoms in total. The number of phenolic OH excluding ortho intramolecular Hbond substituents is 1. The lowest BCUT2D eigenvalue weighted by atomic mass is 9.86. The summed E-state index contributed by atoms with van der Waals surface area (Å²) in [5, 5.41) is 9.32. The molecule has 1 aliphatic carbocycles. The fourth-order valence-electron chi connectivity index (χ4n) is 3.39. The number of phenols is 1. The van der Waals surface area contributed by atoms with Crippen molar-refractivity contribution in [3.8, 4) is 5.75 Å². The van der Waals surface area contributed by atoms with E-state index in [9.17, 15) is 5.11 Å². The van der Waals surface area contributed by atoms with Crippen LogP contribution in [0.25, 0.3) is 0 Å². The standard InChI is InChI=1S/C17H26O/c1-2-5-16(12-14-6-3-4-7-14)13-15-8-10-17(18)11-9-15/h8-11,14,16,18H,2-7,12-13H2,1H3. The summed E-state index contributed by atoms with van der Waals surface area (Å²) in [5.74, 6) is 2.20. The van der Waals surface area contributed by atoms with Crippen LogP contribution in [-0.4, -0.2) is 5.11 Å². The van der Waals surface area contributed by atoms with Crippen LogP contribution >= 0.6 is 0 Å². The second kappa shape index (κ2) is 6.82. The van der Waals surface area contributed by atoms with Crippen molar-refractivity contribution in [3.05, 3.63) is 29.8 Å². The predicted molar refractivity (Wildman–Crippen MR) is 76.8 cm³/mol. The van der Waals surface area contributed by atoms with Crippen molar-refractivity contribution in [2.45, 2.75) is 58.3 Å². The molecular weight excluding hydrogens is 220 g/mol. The molecule has 0 heterocycles. The van der Waals surface area contributed by atoms with Crippen LogP contribution in [0.1, 0.15) is 57.4 Å². The van der Waals surface area contributed by atoms with Crippen LogP contribution in [0.4, 0.5) is 0 Å². The highest BCUT2D eigenvalue weighted by Crippen LogP contribution is 2.33. The van der Waals surface area contributed by atoms with E-state index in [4.69, 9.17) is 0 Å². The highest BCUT2D eigenvalue weighted by Gasteiger charge is 2.19. The van der Waals surface area contributed by atoms with Gasteiger partial charge in [-0.3, -0.25) is 0 Å². The molecule has 0 spiro atoms. The van der Waals surface area contributed by atoms with Crippen molar-refractivity contribution < 1.29 is 5.11 Å². The Morgan fingerprint density at radius 3 is 2.44 bits per heavy atom. The molecule has 1 aliphatic rings. The normalized spacial score (nSPS) is 18.1. The van der Waals surface area contributed by atoms with Crippen LogP contribution in [0.15, 0.2) is 24.3 Å². The molecule has 18 heavy (non-hydrogen) atoms. The van der Waals surface area contributed by atoms with Crippen LogP contribution in [0, 0.1) is 11.8 Å². The number of hydrogen-bond donors (Lipinski definition) is 1. The molecule has 1 heteroatoms. The topological polar surface area (TPSA) is 20.2 Å². The van der Waals surface area contributed by atoms with Gasteiger partial charge in [-0.25, -0.2) is 0 Å². The maximum Gasteiger partial charge on any atom is 0.115 e. The molecule has 0 aromatic heterocycles. The average Bonchev–Trinajstić information content (AvgIpc) is 2.85. The fourth-order valence-corrected chi connectivity index (χ4v) is 3.39. The van der Waals surface area contributed by atoms with Gasteiger partial charge in [0.2, 0.25) is 0 Å². The molecule has 1 atom stereocenters. The Hall–Kier alpha value is -0.980. The maximum atomic E-state index is 9.32. The molecule has 1 unspecified atom stereocenters. The summed E-state index contributed by atoms with van der Waals surface area (Å²) in [7, 11) is 0. The van der Waals surface area contributed by atoms with Gasteiger partial charge in [0.25, 0.3) is 0 Å². The number of benzene rings is 1. The quantitative estimate of drug-likeness (QED) is 0.754. The summed E-state index contributed by atoms with van der Waals surface area (Å²) in [6.45, 7) is 2.29. The van der Waals surface area contributed by atoms with Gasteiger partial charge in [-0.15, -0.1) is 0 Å². The van der Waals surface area contributed by atoms with E-state index in [0.29, 0.717) is 5.75 Å². The molecule has 1 N–H and O–H groups in total. The van der Waals surface area contributed by atoms with Crippen LogP contribution in [0.3, 0.4) is 0 Å². The summed E-state index contributed by atoms with van der Waals surface area (Å²) in [6.07, 6.45) is 11.0. The zero-order valence-corrected chi connectivity index (χ0v) is 11.6. The first-order valence-electron chi connectivity index (χ1n) is 7.56. The molecule has 100 valence electrons. The summed E-state index contributed by atoms with van der Waals surface area (Å²) >= 11 is 0. The Morgan fingerprint density at radius 1 is 1.17 bits per heavy atom. The van der Waals surface area contributed by atoms with E-state index in [2.05, 4.69) is 19.1 Å². The highest BCUT2D eigenvalue weighted by molar-refractivity contribution is 5.26. The Bertz CT molecular complexity index is 335. The third-order valence-electron chi connectivity index (χ3n) is 4.30. The van der Waals surface area contributed by atoms with Crippen LogP contribution < -0.4 is 0 Å². The smallest absolute Gasteiger partial charge is 0.115 e. The van der Waals surface area contributed by atoms with E-state index >= 15 is 0 Å². The first-order valence-corrected chi connectivity index (χ1v) is 7.56. The Kier molecular flexibility index (Phi) is 5.10. The largest absolute Gasteiger partial charge is 0.508 e. The molecule has 1 aromatic rings. The predicted octanol–water partition coefficient (Wildman–Crippen LogP) is 4.93. The zero-order valence-electron chi connectivity index (χ0n) is 11.6. The fraction of sp³-hybridized carbons (Fsp3) is 0.647. The second-order valence-corrected chi connectivity index (χ2v) is 5.91. The minimum atomic E-state index is 0.376. The molecule has 0 aliphatic heterocycles. The van der Waals surface area contributed by atoms with Gasteiger partial charge >= 0.3 is 0 Å². The molecule has 1 fully saturated rings. The summed E-state index contributed by atoms with van der Waals surface area (Å²) in [6, 6.07) is 7.78. The molecule has 2 rings (SSSR count). The third kappa shape index (κ3) is 4.04. The summed E-state index contributed by atoms with van der Waals surface area (Å²) < 4.78 is 0. The van der Waals surface area contributed by atoms with Gasteiger partial charge in [0.1, 0.15) is 5.75 Å². The Morgan fingerprint density at radius 2 is 1.83 bits per heavy atom. The van der Waals surface area contributed by atoms with Gasteiger partial charge in [0.15, 0.2) is 0 Å². The lowest BCUT2D eigenvalue weighted by Gasteiger charge is -2.20. The van der Waals surface area contributed by atoms with Crippen molar-refractivity contribution in [1.82, 2.24) is 0 Å². The molecular formula is C17H26O. The Balaban J connectivity index is 1.90. The molecule has 1 aromatic carbocycles. The molecule has 0 amide bonds. The van der Waals surface area contributed by atoms with Gasteiger partial charge in [-0.1, -0.05) is 57.6 Å². The van der Waals surface area contributed by atoms with Crippen molar-refractivity contribution in [2.24, 2.45) is 11.8 Å².